The molecule has 0 bridgehead atoms. The lowest BCUT2D eigenvalue weighted by molar-refractivity contribution is 0.101. The van der Waals surface area contributed by atoms with Gasteiger partial charge in [-0.2, -0.15) is 0 Å². The number of benzene rings is 1. The van der Waals surface area contributed by atoms with E-state index in [1.807, 2.05) is 0 Å². The molecule has 0 spiro atoms. The van der Waals surface area contributed by atoms with Gasteiger partial charge in [-0.05, 0) is 42.8 Å². The summed E-state index contributed by atoms with van der Waals surface area (Å²) in [5.74, 6) is -0.594. The number of aromatic nitrogens is 1. The van der Waals surface area contributed by atoms with Crippen LogP contribution in [-0.4, -0.2) is 10.6 Å². The second-order valence-electron chi connectivity index (χ2n) is 3.49. The third-order valence-corrected chi connectivity index (χ3v) is 2.27. The Morgan fingerprint density at radius 3 is 2.62 bits per heavy atom. The minimum Gasteiger partial charge on any atom is -0.268 e. The number of carbonyl (C=O) groups excluding carboxylic acids is 1. The molecule has 1 heterocycles. The Bertz CT molecular complexity index is 506. The zero-order valence-corrected chi connectivity index (χ0v) is 8.77. The topological polar surface area (TPSA) is 34.0 Å². The predicted octanol–water partition coefficient (Wildman–Crippen LogP) is 2.32. The molecule has 0 fully saturated rings. The Hall–Kier alpha value is -2.10. The summed E-state index contributed by atoms with van der Waals surface area (Å²) < 4.78 is 14.4. The first-order valence-corrected chi connectivity index (χ1v) is 4.87. The number of hydrogen-bond acceptors (Lipinski definition) is 1. The molecule has 0 unspecified atom stereocenters. The molecule has 0 aliphatic rings. The van der Waals surface area contributed by atoms with Crippen LogP contribution in [0.25, 0.3) is 0 Å². The Balaban J connectivity index is 2.21. The van der Waals surface area contributed by atoms with E-state index in [1.165, 1.54) is 18.2 Å². The normalized spacial score (nSPS) is 10.1. The number of hydrogen-bond donors (Lipinski definition) is 1. The maximum atomic E-state index is 12.9. The molecule has 1 aromatic carbocycles. The first kappa shape index (κ1) is 10.4. The van der Waals surface area contributed by atoms with Gasteiger partial charge in [0.05, 0.1) is 0 Å². The van der Waals surface area contributed by atoms with Crippen molar-refractivity contribution < 1.29 is 9.18 Å². The van der Waals surface area contributed by atoms with Crippen LogP contribution in [0.5, 0.6) is 0 Å². The highest BCUT2D eigenvalue weighted by Crippen LogP contribution is 2.10. The molecule has 3 nitrogen and oxygen atoms in total. The van der Waals surface area contributed by atoms with Gasteiger partial charge in [-0.3, -0.25) is 14.9 Å². The molecule has 82 valence electrons. The van der Waals surface area contributed by atoms with E-state index in [2.05, 4.69) is 5.43 Å². The average molecular weight is 218 g/mol. The summed E-state index contributed by atoms with van der Waals surface area (Å²) in [4.78, 5) is 11.8. The highest BCUT2D eigenvalue weighted by atomic mass is 19.1. The van der Waals surface area contributed by atoms with Crippen LogP contribution < -0.4 is 5.43 Å². The monoisotopic (exact) mass is 218 g/mol. The van der Waals surface area contributed by atoms with Crippen LogP contribution in [0.2, 0.25) is 0 Å². The van der Waals surface area contributed by atoms with Gasteiger partial charge >= 0.3 is 0 Å². The number of halogens is 1. The smallest absolute Gasteiger partial charge is 0.268 e. The third kappa shape index (κ3) is 2.11. The molecule has 4 heteroatoms. The molecule has 2 rings (SSSR count). The van der Waals surface area contributed by atoms with Crippen LogP contribution in [-0.2, 0) is 0 Å². The molecule has 0 aliphatic carbocycles. The van der Waals surface area contributed by atoms with Gasteiger partial charge < -0.3 is 0 Å². The van der Waals surface area contributed by atoms with Crippen molar-refractivity contribution in [1.29, 1.82) is 0 Å². The van der Waals surface area contributed by atoms with Crippen LogP contribution in [0.3, 0.4) is 0 Å². The molecule has 1 amide bonds. The highest BCUT2D eigenvalue weighted by molar-refractivity contribution is 6.01. The van der Waals surface area contributed by atoms with E-state index < -0.39 is 0 Å². The van der Waals surface area contributed by atoms with Crippen molar-refractivity contribution in [2.45, 2.75) is 6.92 Å². The summed E-state index contributed by atoms with van der Waals surface area (Å²) in [6.45, 7) is 1.70. The summed E-state index contributed by atoms with van der Waals surface area (Å²) in [5, 5.41) is 0. The maximum absolute atomic E-state index is 12.9. The Morgan fingerprint density at radius 1 is 1.31 bits per heavy atom. The average Bonchev–Trinajstić information content (AvgIpc) is 2.70. The van der Waals surface area contributed by atoms with Gasteiger partial charge in [0.1, 0.15) is 5.82 Å². The summed E-state index contributed by atoms with van der Waals surface area (Å²) >= 11 is 0. The Morgan fingerprint density at radius 2 is 2.00 bits per heavy atom. The fourth-order valence-corrected chi connectivity index (χ4v) is 1.47. The molecule has 0 saturated carbocycles. The van der Waals surface area contributed by atoms with Crippen LogP contribution in [0.15, 0.2) is 42.7 Å². The quantitative estimate of drug-likeness (QED) is 0.824. The van der Waals surface area contributed by atoms with Gasteiger partial charge in [-0.25, -0.2) is 4.39 Å². The van der Waals surface area contributed by atoms with E-state index in [0.29, 0.717) is 11.1 Å². The van der Waals surface area contributed by atoms with Gasteiger partial charge in [-0.1, -0.05) is 0 Å². The second kappa shape index (κ2) is 4.18. The van der Waals surface area contributed by atoms with Crippen LogP contribution >= 0.6 is 0 Å². The Labute approximate surface area is 92.5 Å². The molecule has 0 aliphatic heterocycles. The summed E-state index contributed by atoms with van der Waals surface area (Å²) in [6, 6.07) is 7.70. The molecule has 0 radical (unpaired) electrons. The van der Waals surface area contributed by atoms with E-state index >= 15 is 0 Å². The maximum Gasteiger partial charge on any atom is 0.270 e. The molecule has 1 N–H and O–H groups in total. The van der Waals surface area contributed by atoms with E-state index in [1.54, 1.807) is 36.1 Å². The molecular weight excluding hydrogens is 207 g/mol. The fourth-order valence-electron chi connectivity index (χ4n) is 1.47. The number of rotatable bonds is 2. The van der Waals surface area contributed by atoms with Crippen LogP contribution in [0.4, 0.5) is 4.39 Å². The first-order chi connectivity index (χ1) is 7.66. The van der Waals surface area contributed by atoms with Crippen molar-refractivity contribution in [3.05, 3.63) is 59.7 Å². The van der Waals surface area contributed by atoms with E-state index in [4.69, 9.17) is 0 Å². The van der Waals surface area contributed by atoms with E-state index in [9.17, 15) is 9.18 Å². The van der Waals surface area contributed by atoms with Crippen molar-refractivity contribution in [2.24, 2.45) is 0 Å². The lowest BCUT2D eigenvalue weighted by atomic mass is 10.1. The number of nitrogens with zero attached hydrogens (tertiary/aromatic N) is 1. The van der Waals surface area contributed by atoms with E-state index in [0.717, 1.165) is 0 Å². The number of nitrogens with one attached hydrogen (secondary N) is 1. The number of amides is 1. The lowest BCUT2D eigenvalue weighted by Gasteiger charge is -2.08. The van der Waals surface area contributed by atoms with Crippen LogP contribution in [0.1, 0.15) is 15.9 Å². The van der Waals surface area contributed by atoms with Crippen molar-refractivity contribution in [2.75, 3.05) is 5.43 Å². The molecule has 0 atom stereocenters. The lowest BCUT2D eigenvalue weighted by Crippen LogP contribution is -2.22. The standard InChI is InChI=1S/C12H11FN2O/c1-9-8-10(13)4-5-11(9)12(16)14-15-6-2-3-7-15/h2-8H,1H3,(H,14,16). The molecule has 1 aromatic heterocycles. The summed E-state index contributed by atoms with van der Waals surface area (Å²) in [7, 11) is 0. The highest BCUT2D eigenvalue weighted by Gasteiger charge is 2.09. The molecular formula is C12H11FN2O. The molecule has 2 aromatic rings. The summed E-state index contributed by atoms with van der Waals surface area (Å²) in [5.41, 5.74) is 3.74. The van der Waals surface area contributed by atoms with E-state index in [-0.39, 0.29) is 11.7 Å². The third-order valence-electron chi connectivity index (χ3n) is 2.27. The Kier molecular flexibility index (Phi) is 2.72. The second-order valence-corrected chi connectivity index (χ2v) is 3.49. The van der Waals surface area contributed by atoms with Crippen molar-refractivity contribution in [3.8, 4) is 0 Å². The molecule has 0 saturated heterocycles. The van der Waals surface area contributed by atoms with Gasteiger partial charge in [0.2, 0.25) is 0 Å². The van der Waals surface area contributed by atoms with Crippen molar-refractivity contribution >= 4 is 5.91 Å². The number of carbonyl (C=O) groups is 1. The zero-order chi connectivity index (χ0) is 11.5. The zero-order valence-electron chi connectivity index (χ0n) is 8.77. The number of aryl methyl sites for hydroxylation is 1. The van der Waals surface area contributed by atoms with Crippen LogP contribution in [0, 0.1) is 12.7 Å². The van der Waals surface area contributed by atoms with Gasteiger partial charge in [0, 0.05) is 18.0 Å². The SMILES string of the molecule is Cc1cc(F)ccc1C(=O)Nn1cccc1. The molecule has 16 heavy (non-hydrogen) atoms. The predicted molar refractivity (Wildman–Crippen MR) is 59.3 cm³/mol. The minimum absolute atomic E-state index is 0.256. The first-order valence-electron chi connectivity index (χ1n) is 4.87. The fraction of sp³-hybridized carbons (Fsp3) is 0.0833. The largest absolute Gasteiger partial charge is 0.270 e. The van der Waals surface area contributed by atoms with Gasteiger partial charge in [-0.15, -0.1) is 0 Å². The minimum atomic E-state index is -0.338. The van der Waals surface area contributed by atoms with Crippen molar-refractivity contribution in [1.82, 2.24) is 4.68 Å². The van der Waals surface area contributed by atoms with Crippen molar-refractivity contribution in [3.63, 3.8) is 0 Å². The van der Waals surface area contributed by atoms with Gasteiger partial charge in [0.25, 0.3) is 5.91 Å². The summed E-state index contributed by atoms with van der Waals surface area (Å²) in [6.07, 6.45) is 3.44. The van der Waals surface area contributed by atoms with Gasteiger partial charge in [0.15, 0.2) is 0 Å².